The van der Waals surface area contributed by atoms with Crippen LogP contribution in [0.15, 0.2) is 76.1 Å². The van der Waals surface area contributed by atoms with Crippen LogP contribution in [0.3, 0.4) is 0 Å². The van der Waals surface area contributed by atoms with Crippen LogP contribution in [0.2, 0.25) is 0 Å². The average molecular weight is 423 g/mol. The number of fused-ring (bicyclic) bond motifs is 2. The molecule has 0 aromatic heterocycles. The van der Waals surface area contributed by atoms with Crippen LogP contribution >= 0.6 is 12.2 Å². The second-order valence-corrected chi connectivity index (χ2v) is 7.07. The first-order valence-electron chi connectivity index (χ1n) is 9.58. The molecular formula is C23H21NO5S. The van der Waals surface area contributed by atoms with Gasteiger partial charge in [-0.15, -0.1) is 0 Å². The molecule has 2 aliphatic heterocycles. The first kappa shape index (κ1) is 20.5. The number of nitrogens with zero attached hydrogens (tertiary/aromatic N) is 1. The summed E-state index contributed by atoms with van der Waals surface area (Å²) in [6, 6.07) is 4.97. The Morgan fingerprint density at radius 3 is 3.00 bits per heavy atom. The molecule has 0 bridgehead atoms. The maximum atomic E-state index is 9.99. The second kappa shape index (κ2) is 9.34. The van der Waals surface area contributed by atoms with E-state index in [1.165, 1.54) is 0 Å². The van der Waals surface area contributed by atoms with Crippen molar-refractivity contribution >= 4 is 23.0 Å². The molecule has 0 saturated carbocycles. The van der Waals surface area contributed by atoms with Crippen molar-refractivity contribution in [2.45, 2.75) is 12.5 Å². The fraction of sp³-hybridized carbons (Fsp3) is 0.261. The number of hydrogen-bond donors (Lipinski definition) is 2. The largest absolute Gasteiger partial charge is 0.508 e. The van der Waals surface area contributed by atoms with Gasteiger partial charge in [0.1, 0.15) is 24.1 Å². The monoisotopic (exact) mass is 423 g/mol. The van der Waals surface area contributed by atoms with Crippen molar-refractivity contribution in [3.8, 4) is 11.5 Å². The number of allylic oxidation sites excluding steroid dienone is 2. The number of phenols is 1. The van der Waals surface area contributed by atoms with E-state index >= 15 is 0 Å². The van der Waals surface area contributed by atoms with E-state index in [9.17, 15) is 10.2 Å². The number of aliphatic imine (C=N–C) groups is 1. The molecule has 1 aromatic carbocycles. The zero-order chi connectivity index (χ0) is 20.9. The number of hydrogen-bond acceptors (Lipinski definition) is 7. The van der Waals surface area contributed by atoms with Crippen LogP contribution in [-0.2, 0) is 9.47 Å². The summed E-state index contributed by atoms with van der Waals surface area (Å²) in [6.45, 7) is 0.769. The van der Waals surface area contributed by atoms with Crippen molar-refractivity contribution in [2.24, 2.45) is 4.99 Å². The zero-order valence-corrected chi connectivity index (χ0v) is 17.0. The Morgan fingerprint density at radius 1 is 1.27 bits per heavy atom. The van der Waals surface area contributed by atoms with Crippen LogP contribution in [-0.4, -0.2) is 48.0 Å². The van der Waals surface area contributed by atoms with Crippen molar-refractivity contribution in [3.05, 3.63) is 76.6 Å². The Kier molecular flexibility index (Phi) is 6.38. The fourth-order valence-corrected chi connectivity index (χ4v) is 3.88. The highest BCUT2D eigenvalue weighted by atomic mass is 32.1. The lowest BCUT2D eigenvalue weighted by molar-refractivity contribution is 0.0106. The SMILES string of the molecule is OCOCC1=CC(N=C=S)CC=C1C1=C2/C=C\COCC=C2Oc2cc(O)ccc21. The lowest BCUT2D eigenvalue weighted by Crippen LogP contribution is -2.17. The van der Waals surface area contributed by atoms with Crippen molar-refractivity contribution in [1.82, 2.24) is 0 Å². The third-order valence-corrected chi connectivity index (χ3v) is 5.12. The highest BCUT2D eigenvalue weighted by Gasteiger charge is 2.29. The number of aliphatic hydroxyl groups excluding tert-OH is 1. The smallest absolute Gasteiger partial charge is 0.144 e. The average Bonchev–Trinajstić information content (AvgIpc) is 2.72. The van der Waals surface area contributed by atoms with Crippen LogP contribution in [0, 0.1) is 0 Å². The predicted octanol–water partition coefficient (Wildman–Crippen LogP) is 3.70. The minimum atomic E-state index is -0.381. The second-order valence-electron chi connectivity index (χ2n) is 6.89. The third-order valence-electron chi connectivity index (χ3n) is 5.01. The number of rotatable bonds is 5. The molecule has 154 valence electrons. The molecule has 0 saturated heterocycles. The first-order valence-corrected chi connectivity index (χ1v) is 9.99. The molecule has 2 heterocycles. The van der Waals surface area contributed by atoms with E-state index in [1.54, 1.807) is 12.1 Å². The van der Waals surface area contributed by atoms with Crippen molar-refractivity contribution < 1.29 is 24.4 Å². The van der Waals surface area contributed by atoms with Crippen LogP contribution < -0.4 is 4.74 Å². The molecular weight excluding hydrogens is 402 g/mol. The molecule has 0 fully saturated rings. The van der Waals surface area contributed by atoms with Crippen molar-refractivity contribution in [2.75, 3.05) is 26.6 Å². The van der Waals surface area contributed by atoms with Crippen LogP contribution in [0.5, 0.6) is 11.5 Å². The maximum Gasteiger partial charge on any atom is 0.144 e. The lowest BCUT2D eigenvalue weighted by atomic mass is 9.82. The Labute approximate surface area is 179 Å². The van der Waals surface area contributed by atoms with Gasteiger partial charge in [0.15, 0.2) is 0 Å². The summed E-state index contributed by atoms with van der Waals surface area (Å²) in [7, 11) is 0. The van der Waals surface area contributed by atoms with Gasteiger partial charge in [-0.25, -0.2) is 4.99 Å². The predicted molar refractivity (Wildman–Crippen MR) is 116 cm³/mol. The normalized spacial score (nSPS) is 21.5. The minimum absolute atomic E-state index is 0.121. The highest BCUT2D eigenvalue weighted by Crippen LogP contribution is 2.46. The summed E-state index contributed by atoms with van der Waals surface area (Å²) < 4.78 is 16.9. The molecule has 4 rings (SSSR count). The number of phenolic OH excluding ortho intramolecular Hbond substituents is 1. The van der Waals surface area contributed by atoms with E-state index in [4.69, 9.17) is 26.4 Å². The number of isothiocyanates is 1. The molecule has 1 atom stereocenters. The summed E-state index contributed by atoms with van der Waals surface area (Å²) >= 11 is 4.77. The van der Waals surface area contributed by atoms with Gasteiger partial charge in [-0.2, -0.15) is 0 Å². The molecule has 6 nitrogen and oxygen atoms in total. The molecule has 1 aromatic rings. The van der Waals surface area contributed by atoms with Gasteiger partial charge < -0.3 is 24.4 Å². The number of aliphatic hydroxyl groups is 1. The zero-order valence-electron chi connectivity index (χ0n) is 16.2. The molecule has 0 amide bonds. The van der Waals surface area contributed by atoms with Gasteiger partial charge >= 0.3 is 0 Å². The molecule has 30 heavy (non-hydrogen) atoms. The van der Waals surface area contributed by atoms with Crippen LogP contribution in [0.4, 0.5) is 0 Å². The van der Waals surface area contributed by atoms with Gasteiger partial charge in [-0.05, 0) is 48.0 Å². The maximum absolute atomic E-state index is 9.99. The minimum Gasteiger partial charge on any atom is -0.508 e. The molecule has 3 aliphatic rings. The van der Waals surface area contributed by atoms with E-state index in [0.717, 1.165) is 27.9 Å². The number of ether oxygens (including phenoxy) is 3. The van der Waals surface area contributed by atoms with Gasteiger partial charge in [0, 0.05) is 22.8 Å². The highest BCUT2D eigenvalue weighted by molar-refractivity contribution is 7.78. The Hall–Kier alpha value is -2.80. The molecule has 1 unspecified atom stereocenters. The van der Waals surface area contributed by atoms with Gasteiger partial charge in [-0.1, -0.05) is 24.3 Å². The van der Waals surface area contributed by atoms with Gasteiger partial charge in [0.25, 0.3) is 0 Å². The third kappa shape index (κ3) is 4.21. The summed E-state index contributed by atoms with van der Waals surface area (Å²) in [5, 5.41) is 21.6. The van der Waals surface area contributed by atoms with Gasteiger partial charge in [0.2, 0.25) is 0 Å². The molecule has 2 N–H and O–H groups in total. The number of thiocarbonyl (C=S) groups is 1. The summed E-state index contributed by atoms with van der Waals surface area (Å²) in [5.41, 5.74) is 4.63. The Bertz CT molecular complexity index is 1040. The van der Waals surface area contributed by atoms with Gasteiger partial charge in [0.05, 0.1) is 31.0 Å². The summed E-state index contributed by atoms with van der Waals surface area (Å²) in [6.07, 6.45) is 10.6. The quantitative estimate of drug-likeness (QED) is 0.427. The van der Waals surface area contributed by atoms with Crippen molar-refractivity contribution in [1.29, 1.82) is 0 Å². The Morgan fingerprint density at radius 2 is 2.17 bits per heavy atom. The molecule has 0 spiro atoms. The van der Waals surface area contributed by atoms with E-state index in [-0.39, 0.29) is 25.2 Å². The summed E-state index contributed by atoms with van der Waals surface area (Å²) in [4.78, 5) is 4.20. The number of benzene rings is 1. The van der Waals surface area contributed by atoms with E-state index < -0.39 is 0 Å². The topological polar surface area (TPSA) is 80.5 Å². The van der Waals surface area contributed by atoms with Crippen molar-refractivity contribution in [3.63, 3.8) is 0 Å². The molecule has 7 heteroatoms. The molecule has 1 aliphatic carbocycles. The van der Waals surface area contributed by atoms with Gasteiger partial charge in [-0.3, -0.25) is 0 Å². The van der Waals surface area contributed by atoms with Crippen LogP contribution in [0.25, 0.3) is 5.57 Å². The molecule has 0 radical (unpaired) electrons. The fourth-order valence-electron chi connectivity index (χ4n) is 3.75. The lowest BCUT2D eigenvalue weighted by Gasteiger charge is -2.29. The number of aromatic hydroxyl groups is 1. The van der Waals surface area contributed by atoms with E-state index in [2.05, 4.69) is 16.2 Å². The first-order chi connectivity index (χ1) is 14.7. The standard InChI is InChI=1S/C23H21NO5S/c25-14-28-12-15-10-16(24-13-30)3-5-18(15)23-19-2-1-8-27-9-7-21(19)29-22-11-17(26)4-6-20(22)23/h1-2,4-7,10-11,16,25-26H,3,8-9,12,14H2/b2-1-,21-7?. The van der Waals surface area contributed by atoms with Crippen LogP contribution in [0.1, 0.15) is 12.0 Å². The summed E-state index contributed by atoms with van der Waals surface area (Å²) in [5.74, 6) is 1.36. The van der Waals surface area contributed by atoms with E-state index in [1.807, 2.05) is 30.4 Å². The Balaban J connectivity index is 1.90. The van der Waals surface area contributed by atoms with E-state index in [0.29, 0.717) is 31.1 Å².